The molecule has 4 nitrogen and oxygen atoms in total. The third kappa shape index (κ3) is 4.69. The van der Waals surface area contributed by atoms with Crippen LogP contribution in [0.15, 0.2) is 78.9 Å². The molecule has 0 aliphatic carbocycles. The van der Waals surface area contributed by atoms with E-state index in [9.17, 15) is 13.6 Å². The van der Waals surface area contributed by atoms with Crippen molar-refractivity contribution in [1.29, 1.82) is 0 Å². The third-order valence-corrected chi connectivity index (χ3v) is 5.21. The summed E-state index contributed by atoms with van der Waals surface area (Å²) in [5, 5.41) is 3.37. The van der Waals surface area contributed by atoms with Gasteiger partial charge in [-0.1, -0.05) is 65.9 Å². The summed E-state index contributed by atoms with van der Waals surface area (Å²) in [6.07, 6.45) is 1.70. The number of fused-ring (bicyclic) bond motifs is 1. The minimum atomic E-state index is -2.88. The number of hydrogen-bond acceptors (Lipinski definition) is 4. The summed E-state index contributed by atoms with van der Waals surface area (Å²) in [4.78, 5) is 17.5. The van der Waals surface area contributed by atoms with Crippen LogP contribution in [0.3, 0.4) is 0 Å². The topological polar surface area (TPSA) is 51.2 Å². The van der Waals surface area contributed by atoms with E-state index >= 15 is 0 Å². The number of aromatic nitrogens is 1. The molecule has 1 amide bonds. The van der Waals surface area contributed by atoms with Crippen LogP contribution in [-0.2, 0) is 4.79 Å². The van der Waals surface area contributed by atoms with Gasteiger partial charge in [-0.05, 0) is 41.5 Å². The Morgan fingerprint density at radius 1 is 0.967 bits per heavy atom. The lowest BCUT2D eigenvalue weighted by molar-refractivity contribution is -0.111. The molecule has 0 radical (unpaired) electrons. The zero-order valence-corrected chi connectivity index (χ0v) is 16.4. The molecule has 4 rings (SSSR count). The number of benzene rings is 3. The van der Waals surface area contributed by atoms with Gasteiger partial charge >= 0.3 is 6.61 Å². The largest absolute Gasteiger partial charge is 0.435 e. The number of alkyl halides is 2. The number of nitrogens with one attached hydrogen (secondary N) is 1. The predicted molar refractivity (Wildman–Crippen MR) is 116 cm³/mol. The molecule has 3 aromatic carbocycles. The Bertz CT molecular complexity index is 1160. The fraction of sp³-hybridized carbons (Fsp3) is 0.0435. The quantitative estimate of drug-likeness (QED) is 0.303. The van der Waals surface area contributed by atoms with Crippen LogP contribution >= 0.6 is 11.3 Å². The molecule has 1 N–H and O–H groups in total. The first kappa shape index (κ1) is 19.7. The lowest BCUT2D eigenvalue weighted by Crippen LogP contribution is -2.13. The number of hydrogen-bond donors (Lipinski definition) is 1. The molecule has 150 valence electrons. The van der Waals surface area contributed by atoms with E-state index < -0.39 is 6.61 Å². The van der Waals surface area contributed by atoms with Crippen molar-refractivity contribution in [3.05, 3.63) is 90.0 Å². The Morgan fingerprint density at radius 3 is 2.37 bits per heavy atom. The summed E-state index contributed by atoms with van der Waals surface area (Å²) < 4.78 is 30.1. The maximum absolute atomic E-state index is 13.1. The van der Waals surface area contributed by atoms with Crippen molar-refractivity contribution in [3.8, 4) is 5.75 Å². The molecule has 0 saturated heterocycles. The van der Waals surface area contributed by atoms with Crippen molar-refractivity contribution in [1.82, 2.24) is 4.98 Å². The van der Waals surface area contributed by atoms with Crippen molar-refractivity contribution in [2.75, 3.05) is 5.32 Å². The molecular weight excluding hydrogens is 406 g/mol. The highest BCUT2D eigenvalue weighted by molar-refractivity contribution is 7.22. The number of ether oxygens (including phenoxy) is 1. The second-order valence-corrected chi connectivity index (χ2v) is 7.34. The highest BCUT2D eigenvalue weighted by Crippen LogP contribution is 2.27. The molecular formula is C23H16F2N2O2S. The zero-order valence-electron chi connectivity index (χ0n) is 15.6. The first-order valence-electron chi connectivity index (χ1n) is 9.07. The van der Waals surface area contributed by atoms with E-state index in [1.165, 1.54) is 23.5 Å². The van der Waals surface area contributed by atoms with Gasteiger partial charge < -0.3 is 4.74 Å². The van der Waals surface area contributed by atoms with E-state index in [1.807, 2.05) is 54.6 Å². The van der Waals surface area contributed by atoms with Gasteiger partial charge in [0, 0.05) is 5.57 Å². The molecule has 0 aliphatic rings. The number of para-hydroxylation sites is 1. The molecule has 30 heavy (non-hydrogen) atoms. The normalized spacial score (nSPS) is 11.6. The average Bonchev–Trinajstić information content (AvgIpc) is 3.15. The maximum Gasteiger partial charge on any atom is 0.387 e. The average molecular weight is 422 g/mol. The van der Waals surface area contributed by atoms with Crippen LogP contribution in [0.1, 0.15) is 11.1 Å². The SMILES string of the molecule is O=C(Nc1nc2ccccc2s1)/C(=C/c1ccc(OC(F)F)cc1)c1ccccc1. The van der Waals surface area contributed by atoms with Crippen LogP contribution in [0.25, 0.3) is 21.9 Å². The van der Waals surface area contributed by atoms with Crippen molar-refractivity contribution in [2.24, 2.45) is 0 Å². The highest BCUT2D eigenvalue weighted by atomic mass is 32.1. The van der Waals surface area contributed by atoms with E-state index in [4.69, 9.17) is 0 Å². The van der Waals surface area contributed by atoms with Crippen LogP contribution in [0.2, 0.25) is 0 Å². The van der Waals surface area contributed by atoms with Gasteiger partial charge in [-0.25, -0.2) is 4.98 Å². The zero-order chi connectivity index (χ0) is 20.9. The number of carbonyl (C=O) groups is 1. The first-order valence-corrected chi connectivity index (χ1v) is 9.89. The first-order chi connectivity index (χ1) is 14.6. The van der Waals surface area contributed by atoms with Gasteiger partial charge in [-0.2, -0.15) is 8.78 Å². The van der Waals surface area contributed by atoms with Crippen molar-refractivity contribution in [3.63, 3.8) is 0 Å². The number of rotatable bonds is 6. The van der Waals surface area contributed by atoms with Crippen LogP contribution in [0, 0.1) is 0 Å². The lowest BCUT2D eigenvalue weighted by Gasteiger charge is -2.09. The number of halogens is 2. The highest BCUT2D eigenvalue weighted by Gasteiger charge is 2.15. The van der Waals surface area contributed by atoms with Gasteiger partial charge in [0.05, 0.1) is 10.2 Å². The molecule has 0 bridgehead atoms. The second kappa shape index (κ2) is 8.84. The fourth-order valence-corrected chi connectivity index (χ4v) is 3.76. The Kier molecular flexibility index (Phi) is 5.81. The van der Waals surface area contributed by atoms with Gasteiger partial charge in [0.2, 0.25) is 0 Å². The van der Waals surface area contributed by atoms with Crippen LogP contribution in [0.4, 0.5) is 13.9 Å². The standard InChI is InChI=1S/C23H16F2N2O2S/c24-22(25)29-17-12-10-15(11-13-17)14-18(16-6-2-1-3-7-16)21(28)27-23-26-19-8-4-5-9-20(19)30-23/h1-14,22H,(H,26,27,28)/b18-14+. The van der Waals surface area contributed by atoms with E-state index in [2.05, 4.69) is 15.0 Å². The van der Waals surface area contributed by atoms with E-state index in [0.29, 0.717) is 16.3 Å². The number of thiazole rings is 1. The Labute approximate surface area is 175 Å². The van der Waals surface area contributed by atoms with Gasteiger partial charge in [0.25, 0.3) is 5.91 Å². The predicted octanol–water partition coefficient (Wildman–Crippen LogP) is 6.08. The molecule has 4 aromatic rings. The van der Waals surface area contributed by atoms with Crippen LogP contribution in [0.5, 0.6) is 5.75 Å². The van der Waals surface area contributed by atoms with Crippen LogP contribution in [-0.4, -0.2) is 17.5 Å². The number of anilines is 1. The molecule has 0 saturated carbocycles. The molecule has 0 unspecified atom stereocenters. The summed E-state index contributed by atoms with van der Waals surface area (Å²) in [5.74, 6) is -0.254. The number of carbonyl (C=O) groups excluding carboxylic acids is 1. The van der Waals surface area contributed by atoms with Crippen LogP contribution < -0.4 is 10.1 Å². The molecule has 1 heterocycles. The van der Waals surface area contributed by atoms with Gasteiger partial charge in [0.15, 0.2) is 5.13 Å². The van der Waals surface area contributed by atoms with E-state index in [1.54, 1.807) is 18.2 Å². The molecule has 7 heteroatoms. The molecule has 0 fully saturated rings. The van der Waals surface area contributed by atoms with Gasteiger partial charge in [-0.15, -0.1) is 0 Å². The number of amides is 1. The summed E-state index contributed by atoms with van der Waals surface area (Å²) >= 11 is 1.39. The Balaban J connectivity index is 1.64. The van der Waals surface area contributed by atoms with E-state index in [-0.39, 0.29) is 11.7 Å². The smallest absolute Gasteiger partial charge is 0.387 e. The van der Waals surface area contributed by atoms with Crippen molar-refractivity contribution >= 4 is 44.2 Å². The second-order valence-electron chi connectivity index (χ2n) is 6.31. The summed E-state index contributed by atoms with van der Waals surface area (Å²) in [7, 11) is 0. The summed E-state index contributed by atoms with van der Waals surface area (Å²) in [6.45, 7) is -2.88. The molecule has 0 aliphatic heterocycles. The van der Waals surface area contributed by atoms with Crippen molar-refractivity contribution in [2.45, 2.75) is 6.61 Å². The Hall–Kier alpha value is -3.58. The van der Waals surface area contributed by atoms with Gasteiger partial charge in [-0.3, -0.25) is 10.1 Å². The summed E-state index contributed by atoms with van der Waals surface area (Å²) in [6, 6.07) is 23.0. The molecule has 0 spiro atoms. The maximum atomic E-state index is 13.1. The molecule has 0 atom stereocenters. The monoisotopic (exact) mass is 422 g/mol. The lowest BCUT2D eigenvalue weighted by atomic mass is 10.0. The molecule has 1 aromatic heterocycles. The minimum Gasteiger partial charge on any atom is -0.435 e. The van der Waals surface area contributed by atoms with E-state index in [0.717, 1.165) is 15.8 Å². The van der Waals surface area contributed by atoms with Gasteiger partial charge in [0.1, 0.15) is 5.75 Å². The van der Waals surface area contributed by atoms with Crippen molar-refractivity contribution < 1.29 is 18.3 Å². The fourth-order valence-electron chi connectivity index (χ4n) is 2.90. The summed E-state index contributed by atoms with van der Waals surface area (Å²) in [5.41, 5.74) is 2.65. The Morgan fingerprint density at radius 2 is 1.67 bits per heavy atom. The number of nitrogens with zero attached hydrogens (tertiary/aromatic N) is 1. The minimum absolute atomic E-state index is 0.0577. The third-order valence-electron chi connectivity index (χ3n) is 4.26.